The van der Waals surface area contributed by atoms with Crippen molar-refractivity contribution in [2.75, 3.05) is 0 Å². The Kier molecular flexibility index (Phi) is 8.63. The van der Waals surface area contributed by atoms with E-state index in [0.29, 0.717) is 5.82 Å². The lowest BCUT2D eigenvalue weighted by Crippen LogP contribution is -2.54. The second-order valence-corrected chi connectivity index (χ2v) is 8.29. The smallest absolute Gasteiger partial charge is 0.326 e. The number of hydrogen-bond donors (Lipinski definition) is 4. The molecule has 35 heavy (non-hydrogen) atoms. The number of aromatic nitrogens is 4. The lowest BCUT2D eigenvalue weighted by Gasteiger charge is -2.23. The zero-order valence-electron chi connectivity index (χ0n) is 19.5. The maximum absolute atomic E-state index is 13.2. The number of carbonyl (C=O) groups is 3. The molecular weight excluding hydrogens is 450 g/mol. The highest BCUT2D eigenvalue weighted by atomic mass is 16.4. The van der Waals surface area contributed by atoms with Crippen LogP contribution in [0.4, 0.5) is 0 Å². The number of nitrogens with two attached hydrogens (primary N) is 1. The van der Waals surface area contributed by atoms with Crippen LogP contribution in [-0.2, 0) is 27.2 Å². The molecule has 11 heteroatoms. The highest BCUT2D eigenvalue weighted by molar-refractivity contribution is 5.91. The Morgan fingerprint density at radius 3 is 1.91 bits per heavy atom. The summed E-state index contributed by atoms with van der Waals surface area (Å²) in [4.78, 5) is 38.2. The van der Waals surface area contributed by atoms with Crippen LogP contribution in [0.5, 0.6) is 0 Å². The summed E-state index contributed by atoms with van der Waals surface area (Å²) < 4.78 is 1.30. The number of carbonyl (C=O) groups excluding carboxylic acids is 2. The third kappa shape index (κ3) is 6.93. The van der Waals surface area contributed by atoms with Gasteiger partial charge in [0.1, 0.15) is 18.1 Å². The fourth-order valence-corrected chi connectivity index (χ4v) is 3.56. The van der Waals surface area contributed by atoms with Crippen molar-refractivity contribution in [2.45, 2.75) is 50.9 Å². The molecule has 0 unspecified atom stereocenters. The molecule has 0 aliphatic carbocycles. The Morgan fingerprint density at radius 1 is 0.886 bits per heavy atom. The lowest BCUT2D eigenvalue weighted by molar-refractivity contribution is -0.142. The summed E-state index contributed by atoms with van der Waals surface area (Å²) in [6, 6.07) is 14.6. The molecule has 4 atom stereocenters. The van der Waals surface area contributed by atoms with Crippen LogP contribution in [0.25, 0.3) is 0 Å². The maximum Gasteiger partial charge on any atom is 0.326 e. The molecular formula is C24H29N7O4. The van der Waals surface area contributed by atoms with E-state index in [1.165, 1.54) is 4.68 Å². The molecule has 5 N–H and O–H groups in total. The van der Waals surface area contributed by atoms with Gasteiger partial charge in [-0.15, -0.1) is 5.10 Å². The van der Waals surface area contributed by atoms with Crippen molar-refractivity contribution in [1.82, 2.24) is 30.8 Å². The van der Waals surface area contributed by atoms with Crippen LogP contribution in [0, 0.1) is 0 Å². The molecule has 3 aromatic rings. The number of nitrogens with one attached hydrogen (secondary N) is 2. The van der Waals surface area contributed by atoms with Crippen molar-refractivity contribution >= 4 is 17.8 Å². The average Bonchev–Trinajstić information content (AvgIpc) is 3.34. The molecule has 0 saturated heterocycles. The minimum absolute atomic E-state index is 0.104. The molecule has 0 spiro atoms. The van der Waals surface area contributed by atoms with Crippen molar-refractivity contribution in [3.63, 3.8) is 0 Å². The summed E-state index contributed by atoms with van der Waals surface area (Å²) in [5.74, 6) is -1.96. The predicted molar refractivity (Wildman–Crippen MR) is 127 cm³/mol. The molecule has 3 rings (SSSR count). The van der Waals surface area contributed by atoms with Crippen LogP contribution in [0.15, 0.2) is 60.7 Å². The van der Waals surface area contributed by atoms with Gasteiger partial charge in [0, 0.05) is 12.8 Å². The monoisotopic (exact) mass is 479 g/mol. The number of amides is 2. The lowest BCUT2D eigenvalue weighted by atomic mass is 10.0. The van der Waals surface area contributed by atoms with Crippen LogP contribution in [0.2, 0.25) is 0 Å². The van der Waals surface area contributed by atoms with Gasteiger partial charge in [-0.25, -0.2) is 9.48 Å². The maximum atomic E-state index is 13.2. The van der Waals surface area contributed by atoms with Crippen LogP contribution in [-0.4, -0.2) is 55.2 Å². The van der Waals surface area contributed by atoms with E-state index in [1.54, 1.807) is 38.1 Å². The topological polar surface area (TPSA) is 165 Å². The molecule has 0 saturated carbocycles. The summed E-state index contributed by atoms with van der Waals surface area (Å²) in [6.45, 7) is 3.28. The van der Waals surface area contributed by atoms with Gasteiger partial charge in [-0.1, -0.05) is 60.7 Å². The third-order valence-electron chi connectivity index (χ3n) is 5.48. The first-order valence-corrected chi connectivity index (χ1v) is 11.2. The van der Waals surface area contributed by atoms with Crippen molar-refractivity contribution in [2.24, 2.45) is 5.73 Å². The van der Waals surface area contributed by atoms with E-state index in [9.17, 15) is 19.5 Å². The van der Waals surface area contributed by atoms with Gasteiger partial charge in [0.15, 0.2) is 5.82 Å². The number of tetrazole rings is 1. The number of aliphatic carboxylic acids is 1. The van der Waals surface area contributed by atoms with E-state index in [1.807, 2.05) is 36.4 Å². The molecule has 0 radical (unpaired) electrons. The Bertz CT molecular complexity index is 1140. The quantitative estimate of drug-likeness (QED) is 0.313. The molecule has 1 heterocycles. The first kappa shape index (κ1) is 25.5. The van der Waals surface area contributed by atoms with Gasteiger partial charge >= 0.3 is 5.97 Å². The van der Waals surface area contributed by atoms with Crippen molar-refractivity contribution < 1.29 is 19.5 Å². The minimum atomic E-state index is -1.17. The van der Waals surface area contributed by atoms with Crippen LogP contribution in [0.1, 0.15) is 42.9 Å². The largest absolute Gasteiger partial charge is 0.480 e. The number of benzene rings is 2. The zero-order chi connectivity index (χ0) is 25.4. The molecule has 0 aliphatic rings. The van der Waals surface area contributed by atoms with Gasteiger partial charge in [0.2, 0.25) is 11.8 Å². The molecule has 184 valence electrons. The average molecular weight is 480 g/mol. The Morgan fingerprint density at radius 2 is 1.40 bits per heavy atom. The van der Waals surface area contributed by atoms with E-state index in [4.69, 9.17) is 5.73 Å². The number of carboxylic acids is 1. The number of hydrogen-bond acceptors (Lipinski definition) is 7. The number of nitrogens with zero attached hydrogens (tertiary/aromatic N) is 4. The highest BCUT2D eigenvalue weighted by Gasteiger charge is 2.30. The summed E-state index contributed by atoms with van der Waals surface area (Å²) in [6.07, 6.45) is 0.269. The standard InChI is InChI=1S/C24H29N7O4/c1-15(25)21-28-29-30-31(21)16(2)22(32)26-19(13-17-9-5-3-6-10-17)23(33)27-20(24(34)35)14-18-11-7-4-8-12-18/h3-12,15-16,19-20H,13-14,25H2,1-2H3,(H,26,32)(H,27,33)(H,34,35)/t15-,16-,19-,20-/m0/s1. The van der Waals surface area contributed by atoms with E-state index in [2.05, 4.69) is 26.2 Å². The van der Waals surface area contributed by atoms with Crippen molar-refractivity contribution in [3.8, 4) is 0 Å². The van der Waals surface area contributed by atoms with E-state index >= 15 is 0 Å². The predicted octanol–water partition coefficient (Wildman–Crippen LogP) is 0.793. The van der Waals surface area contributed by atoms with Crippen LogP contribution in [0.3, 0.4) is 0 Å². The van der Waals surface area contributed by atoms with E-state index in [0.717, 1.165) is 11.1 Å². The molecule has 1 aromatic heterocycles. The van der Waals surface area contributed by atoms with Gasteiger partial charge < -0.3 is 21.5 Å². The van der Waals surface area contributed by atoms with Gasteiger partial charge in [-0.2, -0.15) is 0 Å². The fourth-order valence-electron chi connectivity index (χ4n) is 3.56. The normalized spacial score (nSPS) is 14.4. The van der Waals surface area contributed by atoms with Crippen molar-refractivity contribution in [1.29, 1.82) is 0 Å². The van der Waals surface area contributed by atoms with Gasteiger partial charge in [0.05, 0.1) is 6.04 Å². The second kappa shape index (κ2) is 11.8. The molecule has 11 nitrogen and oxygen atoms in total. The SMILES string of the molecule is C[C@H](N)c1nnnn1[C@@H](C)C(=O)N[C@@H](Cc1ccccc1)C(=O)N[C@@H](Cc1ccccc1)C(=O)O. The minimum Gasteiger partial charge on any atom is -0.480 e. The summed E-state index contributed by atoms with van der Waals surface area (Å²) >= 11 is 0. The first-order chi connectivity index (χ1) is 16.8. The number of carboxylic acid groups (broad SMARTS) is 1. The Labute approximate surface area is 202 Å². The first-order valence-electron chi connectivity index (χ1n) is 11.2. The summed E-state index contributed by atoms with van der Waals surface area (Å²) in [7, 11) is 0. The molecule has 2 aromatic carbocycles. The highest BCUT2D eigenvalue weighted by Crippen LogP contribution is 2.13. The molecule has 0 fully saturated rings. The Balaban J connectivity index is 1.79. The second-order valence-electron chi connectivity index (χ2n) is 8.29. The van der Waals surface area contributed by atoms with E-state index < -0.39 is 42.0 Å². The van der Waals surface area contributed by atoms with Crippen LogP contribution >= 0.6 is 0 Å². The van der Waals surface area contributed by atoms with Crippen molar-refractivity contribution in [3.05, 3.63) is 77.6 Å². The third-order valence-corrected chi connectivity index (χ3v) is 5.48. The summed E-state index contributed by atoms with van der Waals surface area (Å²) in [5.41, 5.74) is 7.44. The van der Waals surface area contributed by atoms with E-state index in [-0.39, 0.29) is 12.8 Å². The Hall–Kier alpha value is -4.12. The number of rotatable bonds is 11. The molecule has 2 amide bonds. The summed E-state index contributed by atoms with van der Waals surface area (Å²) in [5, 5.41) is 26.3. The molecule has 0 bridgehead atoms. The van der Waals surface area contributed by atoms with Gasteiger partial charge in [-0.3, -0.25) is 9.59 Å². The van der Waals surface area contributed by atoms with Crippen LogP contribution < -0.4 is 16.4 Å². The fraction of sp³-hybridized carbons (Fsp3) is 0.333. The van der Waals surface area contributed by atoms with Gasteiger partial charge in [0.25, 0.3) is 0 Å². The van der Waals surface area contributed by atoms with Gasteiger partial charge in [-0.05, 0) is 35.4 Å². The zero-order valence-corrected chi connectivity index (χ0v) is 19.5. The molecule has 0 aliphatic heterocycles.